The Kier molecular flexibility index (Phi) is 4.71. The lowest BCUT2D eigenvalue weighted by Gasteiger charge is -2.38. The Balaban J connectivity index is 2.27. The molecule has 1 heterocycles. The van der Waals surface area contributed by atoms with E-state index in [-0.39, 0.29) is 11.4 Å². The summed E-state index contributed by atoms with van der Waals surface area (Å²) in [6.45, 7) is 2.88. The molecule has 0 atom stereocenters. The molecule has 0 unspecified atom stereocenters. The molecule has 0 radical (unpaired) electrons. The molecule has 1 fully saturated rings. The number of ether oxygens (including phenoxy) is 1. The van der Waals surface area contributed by atoms with Gasteiger partial charge in [-0.25, -0.2) is 4.98 Å². The molecule has 0 spiro atoms. The Bertz CT molecular complexity index is 449. The van der Waals surface area contributed by atoms with Gasteiger partial charge in [-0.15, -0.1) is 11.3 Å². The number of nitrogens with zero attached hydrogens (tertiary/aromatic N) is 1. The van der Waals surface area contributed by atoms with Gasteiger partial charge in [0.15, 0.2) is 5.69 Å². The van der Waals surface area contributed by atoms with Crippen molar-refractivity contribution >= 4 is 11.3 Å². The first-order valence-corrected chi connectivity index (χ1v) is 7.58. The van der Waals surface area contributed by atoms with E-state index in [2.05, 4.69) is 10.3 Å². The summed E-state index contributed by atoms with van der Waals surface area (Å²) in [5.41, 5.74) is -1.35. The summed E-state index contributed by atoms with van der Waals surface area (Å²) < 4.78 is 44.6. The summed E-state index contributed by atoms with van der Waals surface area (Å²) in [6, 6.07) is 0. The fraction of sp³-hybridized carbons (Fsp3) is 0.769. The van der Waals surface area contributed by atoms with E-state index in [1.165, 1.54) is 0 Å². The standard InChI is InChI=1S/C13H19F3N2OS/c1-3-7-17-8-9-10(13(14,15)16)18-11(20-9)12(19-2)5-4-6-12/h17H,3-8H2,1-2H3. The predicted molar refractivity (Wildman–Crippen MR) is 71.7 cm³/mol. The van der Waals surface area contributed by atoms with Crippen molar-refractivity contribution in [3.8, 4) is 0 Å². The normalized spacial score (nSPS) is 18.1. The highest BCUT2D eigenvalue weighted by Crippen LogP contribution is 2.47. The second-order valence-electron chi connectivity index (χ2n) is 5.02. The highest BCUT2D eigenvalue weighted by molar-refractivity contribution is 7.11. The maximum atomic E-state index is 13.1. The van der Waals surface area contributed by atoms with Crippen LogP contribution in [0.15, 0.2) is 0 Å². The summed E-state index contributed by atoms with van der Waals surface area (Å²) in [6.07, 6.45) is -1.06. The molecule has 0 aromatic carbocycles. The van der Waals surface area contributed by atoms with E-state index in [0.29, 0.717) is 11.6 Å². The van der Waals surface area contributed by atoms with Crippen LogP contribution in [0.5, 0.6) is 0 Å². The minimum Gasteiger partial charge on any atom is -0.371 e. The number of hydrogen-bond donors (Lipinski definition) is 1. The lowest BCUT2D eigenvalue weighted by Crippen LogP contribution is -2.36. The molecule has 1 N–H and O–H groups in total. The smallest absolute Gasteiger partial charge is 0.371 e. The second kappa shape index (κ2) is 5.99. The number of methoxy groups -OCH3 is 1. The third-order valence-electron chi connectivity index (χ3n) is 3.62. The monoisotopic (exact) mass is 308 g/mol. The zero-order chi connectivity index (χ0) is 14.8. The lowest BCUT2D eigenvalue weighted by atomic mass is 9.80. The third kappa shape index (κ3) is 2.99. The summed E-state index contributed by atoms with van der Waals surface area (Å²) in [4.78, 5) is 4.11. The molecular weight excluding hydrogens is 289 g/mol. The average Bonchev–Trinajstić information content (AvgIpc) is 2.73. The van der Waals surface area contributed by atoms with Gasteiger partial charge in [0, 0.05) is 13.7 Å². The zero-order valence-corrected chi connectivity index (χ0v) is 12.5. The lowest BCUT2D eigenvalue weighted by molar-refractivity contribution is -0.142. The number of aromatic nitrogens is 1. The molecule has 1 aromatic heterocycles. The van der Waals surface area contributed by atoms with Crippen LogP contribution in [0.4, 0.5) is 13.2 Å². The quantitative estimate of drug-likeness (QED) is 0.814. The van der Waals surface area contributed by atoms with Gasteiger partial charge < -0.3 is 10.1 Å². The largest absolute Gasteiger partial charge is 0.434 e. The van der Waals surface area contributed by atoms with Crippen molar-refractivity contribution in [2.45, 2.75) is 50.9 Å². The minimum atomic E-state index is -4.41. The molecule has 0 amide bonds. The van der Waals surface area contributed by atoms with Crippen LogP contribution in [0, 0.1) is 0 Å². The van der Waals surface area contributed by atoms with E-state index < -0.39 is 17.5 Å². The Hall–Kier alpha value is -0.660. The molecular formula is C13H19F3N2OS. The molecule has 1 aliphatic rings. The Labute approximate surface area is 120 Å². The Morgan fingerprint density at radius 1 is 1.40 bits per heavy atom. The van der Waals surface area contributed by atoms with Gasteiger partial charge in [-0.3, -0.25) is 0 Å². The van der Waals surface area contributed by atoms with Gasteiger partial charge in [0.2, 0.25) is 0 Å². The van der Waals surface area contributed by atoms with E-state index in [9.17, 15) is 13.2 Å². The van der Waals surface area contributed by atoms with Crippen molar-refractivity contribution in [1.82, 2.24) is 10.3 Å². The van der Waals surface area contributed by atoms with E-state index in [1.54, 1.807) is 7.11 Å². The van der Waals surface area contributed by atoms with Crippen LogP contribution in [0.1, 0.15) is 48.2 Å². The van der Waals surface area contributed by atoms with Crippen molar-refractivity contribution in [3.05, 3.63) is 15.6 Å². The van der Waals surface area contributed by atoms with Gasteiger partial charge >= 0.3 is 6.18 Å². The van der Waals surface area contributed by atoms with Crippen molar-refractivity contribution in [1.29, 1.82) is 0 Å². The Morgan fingerprint density at radius 2 is 2.10 bits per heavy atom. The van der Waals surface area contributed by atoms with E-state index >= 15 is 0 Å². The summed E-state index contributed by atoms with van der Waals surface area (Å²) in [5.74, 6) is 0. The van der Waals surface area contributed by atoms with Gasteiger partial charge in [0.25, 0.3) is 0 Å². The molecule has 1 aromatic rings. The molecule has 0 bridgehead atoms. The fourth-order valence-corrected chi connectivity index (χ4v) is 3.55. The molecule has 114 valence electrons. The van der Waals surface area contributed by atoms with Crippen molar-refractivity contribution in [2.24, 2.45) is 0 Å². The molecule has 0 aliphatic heterocycles. The number of nitrogens with one attached hydrogen (secondary N) is 1. The number of rotatable bonds is 6. The number of hydrogen-bond acceptors (Lipinski definition) is 4. The van der Waals surface area contributed by atoms with E-state index in [0.717, 1.165) is 37.0 Å². The summed E-state index contributed by atoms with van der Waals surface area (Å²) in [7, 11) is 1.54. The first-order valence-electron chi connectivity index (χ1n) is 6.76. The van der Waals surface area contributed by atoms with E-state index in [4.69, 9.17) is 4.74 Å². The van der Waals surface area contributed by atoms with Crippen LogP contribution in [0.25, 0.3) is 0 Å². The van der Waals surface area contributed by atoms with Gasteiger partial charge in [0.1, 0.15) is 10.6 Å². The fourth-order valence-electron chi connectivity index (χ4n) is 2.27. The summed E-state index contributed by atoms with van der Waals surface area (Å²) >= 11 is 1.13. The average molecular weight is 308 g/mol. The molecule has 2 rings (SSSR count). The second-order valence-corrected chi connectivity index (χ2v) is 6.10. The minimum absolute atomic E-state index is 0.208. The van der Waals surface area contributed by atoms with Gasteiger partial charge in [-0.05, 0) is 32.2 Å². The summed E-state index contributed by atoms with van der Waals surface area (Å²) in [5, 5.41) is 3.48. The third-order valence-corrected chi connectivity index (χ3v) is 4.86. The maximum Gasteiger partial charge on any atom is 0.434 e. The topological polar surface area (TPSA) is 34.1 Å². The maximum absolute atomic E-state index is 13.1. The highest BCUT2D eigenvalue weighted by atomic mass is 32.1. The van der Waals surface area contributed by atoms with Gasteiger partial charge in [0.05, 0.1) is 4.88 Å². The van der Waals surface area contributed by atoms with Crippen LogP contribution in [0.3, 0.4) is 0 Å². The molecule has 1 aliphatic carbocycles. The van der Waals surface area contributed by atoms with Crippen LogP contribution in [-0.2, 0) is 23.1 Å². The Morgan fingerprint density at radius 3 is 2.55 bits per heavy atom. The van der Waals surface area contributed by atoms with Gasteiger partial charge in [-0.1, -0.05) is 6.92 Å². The van der Waals surface area contributed by atoms with Crippen LogP contribution in [0.2, 0.25) is 0 Å². The first-order chi connectivity index (χ1) is 9.43. The number of thiazole rings is 1. The molecule has 20 heavy (non-hydrogen) atoms. The predicted octanol–water partition coefficient (Wildman–Crippen LogP) is 3.69. The molecule has 3 nitrogen and oxygen atoms in total. The van der Waals surface area contributed by atoms with Crippen molar-refractivity contribution < 1.29 is 17.9 Å². The first kappa shape index (κ1) is 15.7. The highest BCUT2D eigenvalue weighted by Gasteiger charge is 2.45. The molecule has 0 saturated heterocycles. The van der Waals surface area contributed by atoms with Crippen LogP contribution < -0.4 is 5.32 Å². The van der Waals surface area contributed by atoms with Crippen LogP contribution in [-0.4, -0.2) is 18.6 Å². The molecule has 1 saturated carbocycles. The molecule has 7 heteroatoms. The van der Waals surface area contributed by atoms with Crippen LogP contribution >= 0.6 is 11.3 Å². The van der Waals surface area contributed by atoms with E-state index in [1.807, 2.05) is 6.92 Å². The van der Waals surface area contributed by atoms with Crippen molar-refractivity contribution in [3.63, 3.8) is 0 Å². The number of alkyl halides is 3. The zero-order valence-electron chi connectivity index (χ0n) is 11.6. The number of halogens is 3. The SMILES string of the molecule is CCCNCc1sc(C2(OC)CCC2)nc1C(F)(F)F. The van der Waals surface area contributed by atoms with Gasteiger partial charge in [-0.2, -0.15) is 13.2 Å². The van der Waals surface area contributed by atoms with Crippen molar-refractivity contribution in [2.75, 3.05) is 13.7 Å².